The number of rotatable bonds is 8. The van der Waals surface area contributed by atoms with Gasteiger partial charge in [-0.25, -0.2) is 0 Å². The molecule has 3 amide bonds. The van der Waals surface area contributed by atoms with E-state index in [0.717, 1.165) is 0 Å². The Morgan fingerprint density at radius 1 is 0.931 bits per heavy atom. The van der Waals surface area contributed by atoms with Gasteiger partial charge in [-0.3, -0.25) is 14.4 Å². The Morgan fingerprint density at radius 3 is 2.07 bits per heavy atom. The normalized spacial score (nSPS) is 11.5. The third kappa shape index (κ3) is 6.34. The molecule has 2 aromatic rings. The molecule has 0 aliphatic heterocycles. The number of benzene rings is 2. The standard InChI is InChI=1S/C22H27N3O4/c1-5-29-19-9-7-6-8-18(19)21(27)25-20(14(2)3)22(28)24-17-12-10-16(11-13-17)23-15(4)26/h6-14,20H,5H2,1-4H3,(H,23,26)(H,24,28)(H,25,27)/t20-/m1/s1. The van der Waals surface area contributed by atoms with Crippen LogP contribution >= 0.6 is 0 Å². The first-order valence-electron chi connectivity index (χ1n) is 9.53. The van der Waals surface area contributed by atoms with Crippen LogP contribution in [0.1, 0.15) is 38.1 Å². The Balaban J connectivity index is 2.10. The van der Waals surface area contributed by atoms with Gasteiger partial charge in [0.05, 0.1) is 12.2 Å². The molecule has 3 N–H and O–H groups in total. The lowest BCUT2D eigenvalue weighted by atomic mass is 10.0. The Labute approximate surface area is 170 Å². The molecule has 1 atom stereocenters. The van der Waals surface area contributed by atoms with Crippen LogP contribution in [0.5, 0.6) is 5.75 Å². The fourth-order valence-electron chi connectivity index (χ4n) is 2.75. The van der Waals surface area contributed by atoms with Crippen molar-refractivity contribution in [1.82, 2.24) is 5.32 Å². The number of carbonyl (C=O) groups excluding carboxylic acids is 3. The van der Waals surface area contributed by atoms with Crippen molar-refractivity contribution in [3.63, 3.8) is 0 Å². The van der Waals surface area contributed by atoms with Crippen molar-refractivity contribution in [2.45, 2.75) is 33.7 Å². The number of nitrogens with one attached hydrogen (secondary N) is 3. The summed E-state index contributed by atoms with van der Waals surface area (Å²) in [5.41, 5.74) is 1.59. The molecular formula is C22H27N3O4. The van der Waals surface area contributed by atoms with Crippen LogP contribution in [0.4, 0.5) is 11.4 Å². The van der Waals surface area contributed by atoms with Crippen LogP contribution in [-0.2, 0) is 9.59 Å². The molecule has 7 nitrogen and oxygen atoms in total. The van der Waals surface area contributed by atoms with E-state index in [-0.39, 0.29) is 23.6 Å². The molecule has 0 saturated carbocycles. The molecule has 0 radical (unpaired) electrons. The molecule has 0 unspecified atom stereocenters. The summed E-state index contributed by atoms with van der Waals surface area (Å²) in [6, 6.07) is 13.0. The predicted octanol–water partition coefficient (Wildman–Crippen LogP) is 3.44. The van der Waals surface area contributed by atoms with Gasteiger partial charge in [0.25, 0.3) is 5.91 Å². The van der Waals surface area contributed by atoms with Crippen molar-refractivity contribution >= 4 is 29.1 Å². The summed E-state index contributed by atoms with van der Waals surface area (Å²) in [6.45, 7) is 7.43. The van der Waals surface area contributed by atoms with Crippen molar-refractivity contribution in [1.29, 1.82) is 0 Å². The summed E-state index contributed by atoms with van der Waals surface area (Å²) in [5, 5.41) is 8.27. The van der Waals surface area contributed by atoms with E-state index in [9.17, 15) is 14.4 Å². The van der Waals surface area contributed by atoms with Gasteiger partial charge in [-0.15, -0.1) is 0 Å². The quantitative estimate of drug-likeness (QED) is 0.636. The van der Waals surface area contributed by atoms with Crippen molar-refractivity contribution in [3.05, 3.63) is 54.1 Å². The second-order valence-electron chi connectivity index (χ2n) is 6.87. The number of carbonyl (C=O) groups is 3. The van der Waals surface area contributed by atoms with Crippen LogP contribution in [0.15, 0.2) is 48.5 Å². The van der Waals surface area contributed by atoms with Crippen LogP contribution < -0.4 is 20.7 Å². The maximum atomic E-state index is 12.8. The lowest BCUT2D eigenvalue weighted by Crippen LogP contribution is -2.47. The van der Waals surface area contributed by atoms with Gasteiger partial charge >= 0.3 is 0 Å². The minimum atomic E-state index is -0.729. The van der Waals surface area contributed by atoms with Gasteiger partial charge in [-0.1, -0.05) is 26.0 Å². The summed E-state index contributed by atoms with van der Waals surface area (Å²) < 4.78 is 5.50. The van der Waals surface area contributed by atoms with Crippen LogP contribution in [0, 0.1) is 5.92 Å². The molecule has 0 saturated heterocycles. The maximum absolute atomic E-state index is 12.8. The van der Waals surface area contributed by atoms with E-state index in [2.05, 4.69) is 16.0 Å². The minimum absolute atomic E-state index is 0.128. The highest BCUT2D eigenvalue weighted by Gasteiger charge is 2.26. The molecular weight excluding hydrogens is 370 g/mol. The second kappa shape index (κ2) is 10.3. The van der Waals surface area contributed by atoms with E-state index in [1.54, 1.807) is 48.5 Å². The van der Waals surface area contributed by atoms with Gasteiger partial charge in [0, 0.05) is 18.3 Å². The molecule has 29 heavy (non-hydrogen) atoms. The van der Waals surface area contributed by atoms with Crippen molar-refractivity contribution in [2.24, 2.45) is 5.92 Å². The van der Waals surface area contributed by atoms with Crippen LogP contribution in [0.3, 0.4) is 0 Å². The van der Waals surface area contributed by atoms with Gasteiger partial charge in [-0.2, -0.15) is 0 Å². The highest BCUT2D eigenvalue weighted by atomic mass is 16.5. The number of ether oxygens (including phenoxy) is 1. The lowest BCUT2D eigenvalue weighted by Gasteiger charge is -2.22. The topological polar surface area (TPSA) is 96.5 Å². The lowest BCUT2D eigenvalue weighted by molar-refractivity contribution is -0.119. The van der Waals surface area contributed by atoms with E-state index < -0.39 is 6.04 Å². The Kier molecular flexibility index (Phi) is 7.77. The van der Waals surface area contributed by atoms with Crippen molar-refractivity contribution in [3.8, 4) is 5.75 Å². The first kappa shape index (κ1) is 21.9. The summed E-state index contributed by atoms with van der Waals surface area (Å²) in [4.78, 5) is 36.6. The Morgan fingerprint density at radius 2 is 1.52 bits per heavy atom. The molecule has 0 aromatic heterocycles. The number of hydrogen-bond acceptors (Lipinski definition) is 4. The molecule has 0 spiro atoms. The van der Waals surface area contributed by atoms with Crippen molar-refractivity contribution < 1.29 is 19.1 Å². The number of amides is 3. The number of para-hydroxylation sites is 1. The van der Waals surface area contributed by atoms with Gasteiger partial charge < -0.3 is 20.7 Å². The molecule has 2 rings (SSSR count). The first-order chi connectivity index (χ1) is 13.8. The van der Waals surface area contributed by atoms with E-state index in [1.807, 2.05) is 20.8 Å². The van der Waals surface area contributed by atoms with E-state index >= 15 is 0 Å². The summed E-state index contributed by atoms with van der Waals surface area (Å²) in [7, 11) is 0. The first-order valence-corrected chi connectivity index (χ1v) is 9.53. The molecule has 0 aliphatic carbocycles. The third-order valence-electron chi connectivity index (χ3n) is 4.14. The second-order valence-corrected chi connectivity index (χ2v) is 6.87. The molecule has 154 valence electrons. The predicted molar refractivity (Wildman–Crippen MR) is 113 cm³/mol. The van der Waals surface area contributed by atoms with Crippen LogP contribution in [0.25, 0.3) is 0 Å². The van der Waals surface area contributed by atoms with Gasteiger partial charge in [0.1, 0.15) is 11.8 Å². The third-order valence-corrected chi connectivity index (χ3v) is 4.14. The largest absolute Gasteiger partial charge is 0.493 e. The zero-order valence-electron chi connectivity index (χ0n) is 17.1. The van der Waals surface area contributed by atoms with E-state index in [0.29, 0.717) is 29.3 Å². The zero-order chi connectivity index (χ0) is 21.4. The summed E-state index contributed by atoms with van der Waals surface area (Å²) in [6.07, 6.45) is 0. The van der Waals surface area contributed by atoms with E-state index in [4.69, 9.17) is 4.74 Å². The molecule has 0 aliphatic rings. The SMILES string of the molecule is CCOc1ccccc1C(=O)N[C@@H](C(=O)Nc1ccc(NC(C)=O)cc1)C(C)C. The average Bonchev–Trinajstić information content (AvgIpc) is 2.67. The van der Waals surface area contributed by atoms with Crippen LogP contribution in [0.2, 0.25) is 0 Å². The van der Waals surface area contributed by atoms with Crippen LogP contribution in [-0.4, -0.2) is 30.4 Å². The summed E-state index contributed by atoms with van der Waals surface area (Å²) in [5.74, 6) is -0.518. The molecule has 0 heterocycles. The van der Waals surface area contributed by atoms with Gasteiger partial charge in [-0.05, 0) is 49.2 Å². The minimum Gasteiger partial charge on any atom is -0.493 e. The zero-order valence-corrected chi connectivity index (χ0v) is 17.1. The Bertz CT molecular complexity index is 863. The fourth-order valence-corrected chi connectivity index (χ4v) is 2.75. The molecule has 7 heteroatoms. The number of anilines is 2. The molecule has 0 fully saturated rings. The smallest absolute Gasteiger partial charge is 0.255 e. The van der Waals surface area contributed by atoms with E-state index in [1.165, 1.54) is 6.92 Å². The fraction of sp³-hybridized carbons (Fsp3) is 0.318. The monoisotopic (exact) mass is 397 g/mol. The van der Waals surface area contributed by atoms with Gasteiger partial charge in [0.15, 0.2) is 0 Å². The summed E-state index contributed by atoms with van der Waals surface area (Å²) >= 11 is 0. The highest BCUT2D eigenvalue weighted by molar-refractivity contribution is 6.02. The highest BCUT2D eigenvalue weighted by Crippen LogP contribution is 2.19. The molecule has 2 aromatic carbocycles. The Hall–Kier alpha value is -3.35. The van der Waals surface area contributed by atoms with Crippen molar-refractivity contribution in [2.75, 3.05) is 17.2 Å². The average molecular weight is 397 g/mol. The number of hydrogen-bond donors (Lipinski definition) is 3. The molecule has 0 bridgehead atoms. The maximum Gasteiger partial charge on any atom is 0.255 e. The van der Waals surface area contributed by atoms with Gasteiger partial charge in [0.2, 0.25) is 11.8 Å².